The van der Waals surface area contributed by atoms with Crippen LogP contribution >= 0.6 is 24.0 Å². The van der Waals surface area contributed by atoms with Gasteiger partial charge in [-0.2, -0.15) is 0 Å². The van der Waals surface area contributed by atoms with Gasteiger partial charge in [0, 0.05) is 11.0 Å². The number of carbonyl (C=O) groups is 1. The van der Waals surface area contributed by atoms with Gasteiger partial charge in [-0.05, 0) is 30.3 Å². The van der Waals surface area contributed by atoms with Crippen LogP contribution in [0.15, 0.2) is 42.5 Å². The molecule has 0 saturated heterocycles. The molecule has 0 aliphatic rings. The van der Waals surface area contributed by atoms with Crippen LogP contribution in [0.5, 0.6) is 0 Å². The number of fused-ring (bicyclic) bond motifs is 1. The lowest BCUT2D eigenvalue weighted by Crippen LogP contribution is -2.27. The lowest BCUT2D eigenvalue weighted by Gasteiger charge is -2.18. The fraction of sp³-hybridized carbons (Fsp3) is 0.222. The number of nitrogens with one attached hydrogen (secondary N) is 2. The molecular formula is C18H19Cl2N3O. The topological polar surface area (TPSA) is 57.8 Å². The molecule has 0 saturated carbocycles. The van der Waals surface area contributed by atoms with Gasteiger partial charge in [-0.25, -0.2) is 4.98 Å². The van der Waals surface area contributed by atoms with E-state index in [1.807, 2.05) is 57.2 Å². The van der Waals surface area contributed by atoms with Crippen molar-refractivity contribution < 1.29 is 4.79 Å². The molecular weight excluding hydrogens is 345 g/mol. The van der Waals surface area contributed by atoms with Gasteiger partial charge in [0.15, 0.2) is 0 Å². The molecule has 24 heavy (non-hydrogen) atoms. The number of hydrogen-bond acceptors (Lipinski definition) is 2. The molecule has 126 valence electrons. The number of para-hydroxylation sites is 2. The number of aromatic nitrogens is 2. The Hall–Kier alpha value is -2.04. The van der Waals surface area contributed by atoms with E-state index in [2.05, 4.69) is 15.3 Å². The molecule has 0 radical (unpaired) electrons. The zero-order valence-corrected chi connectivity index (χ0v) is 15.3. The Kier molecular flexibility index (Phi) is 5.21. The van der Waals surface area contributed by atoms with Crippen LogP contribution in [0.1, 0.15) is 20.8 Å². The normalized spacial score (nSPS) is 11.2. The highest BCUT2D eigenvalue weighted by Gasteiger charge is 2.22. The molecule has 2 aromatic carbocycles. The van der Waals surface area contributed by atoms with Gasteiger partial charge in [-0.3, -0.25) is 4.79 Å². The van der Waals surface area contributed by atoms with Crippen molar-refractivity contribution in [3.63, 3.8) is 0 Å². The van der Waals surface area contributed by atoms with Crippen molar-refractivity contribution in [1.82, 2.24) is 9.97 Å². The second-order valence-corrected chi connectivity index (χ2v) is 6.91. The smallest absolute Gasteiger partial charge is 0.229 e. The first-order chi connectivity index (χ1) is 10.8. The number of halogens is 2. The summed E-state index contributed by atoms with van der Waals surface area (Å²) < 4.78 is 0. The summed E-state index contributed by atoms with van der Waals surface area (Å²) in [5, 5.41) is 3.38. The quantitative estimate of drug-likeness (QED) is 0.649. The van der Waals surface area contributed by atoms with E-state index in [0.29, 0.717) is 10.7 Å². The molecule has 3 rings (SSSR count). The number of anilines is 1. The average Bonchev–Trinajstić information content (AvgIpc) is 2.92. The third-order valence-electron chi connectivity index (χ3n) is 3.56. The summed E-state index contributed by atoms with van der Waals surface area (Å²) in [5.74, 6) is 0.662. The molecule has 0 fully saturated rings. The number of imidazole rings is 1. The number of rotatable bonds is 2. The minimum Gasteiger partial charge on any atom is -0.338 e. The Labute approximate surface area is 152 Å². The average molecular weight is 364 g/mol. The maximum atomic E-state index is 12.2. The summed E-state index contributed by atoms with van der Waals surface area (Å²) in [6, 6.07) is 13.3. The maximum Gasteiger partial charge on any atom is 0.229 e. The zero-order valence-electron chi connectivity index (χ0n) is 13.7. The Morgan fingerprint density at radius 2 is 1.88 bits per heavy atom. The van der Waals surface area contributed by atoms with E-state index in [0.717, 1.165) is 22.4 Å². The van der Waals surface area contributed by atoms with E-state index in [-0.39, 0.29) is 18.3 Å². The fourth-order valence-corrected chi connectivity index (χ4v) is 2.33. The lowest BCUT2D eigenvalue weighted by molar-refractivity contribution is -0.123. The summed E-state index contributed by atoms with van der Waals surface area (Å²) in [4.78, 5) is 20.0. The van der Waals surface area contributed by atoms with Crippen molar-refractivity contribution in [1.29, 1.82) is 0 Å². The number of amides is 1. The maximum absolute atomic E-state index is 12.2. The molecule has 0 bridgehead atoms. The van der Waals surface area contributed by atoms with E-state index < -0.39 is 5.41 Å². The van der Waals surface area contributed by atoms with Crippen molar-refractivity contribution in [2.75, 3.05) is 5.32 Å². The first-order valence-electron chi connectivity index (χ1n) is 7.41. The third-order valence-corrected chi connectivity index (χ3v) is 3.89. The van der Waals surface area contributed by atoms with Gasteiger partial charge >= 0.3 is 0 Å². The second kappa shape index (κ2) is 6.83. The summed E-state index contributed by atoms with van der Waals surface area (Å²) in [6.45, 7) is 5.58. The Bertz CT molecular complexity index is 848. The molecule has 1 amide bonds. The van der Waals surface area contributed by atoms with Gasteiger partial charge < -0.3 is 10.3 Å². The molecule has 4 nitrogen and oxygen atoms in total. The van der Waals surface area contributed by atoms with Gasteiger partial charge in [0.05, 0.1) is 21.7 Å². The van der Waals surface area contributed by atoms with Crippen LogP contribution in [-0.2, 0) is 4.79 Å². The largest absolute Gasteiger partial charge is 0.338 e. The summed E-state index contributed by atoms with van der Waals surface area (Å²) in [7, 11) is 0. The molecule has 0 spiro atoms. The summed E-state index contributed by atoms with van der Waals surface area (Å²) >= 11 is 6.21. The molecule has 1 heterocycles. The van der Waals surface area contributed by atoms with Crippen molar-refractivity contribution in [2.45, 2.75) is 20.8 Å². The van der Waals surface area contributed by atoms with Gasteiger partial charge in [0.25, 0.3) is 0 Å². The minimum atomic E-state index is -0.487. The fourth-order valence-electron chi connectivity index (χ4n) is 2.17. The zero-order chi connectivity index (χ0) is 16.6. The van der Waals surface area contributed by atoms with Gasteiger partial charge in [-0.1, -0.05) is 44.5 Å². The molecule has 1 aromatic heterocycles. The number of benzene rings is 2. The Morgan fingerprint density at radius 3 is 2.54 bits per heavy atom. The van der Waals surface area contributed by atoms with Gasteiger partial charge in [-0.15, -0.1) is 12.4 Å². The summed E-state index contributed by atoms with van der Waals surface area (Å²) in [6.07, 6.45) is 0. The number of aromatic amines is 1. The van der Waals surface area contributed by atoms with Crippen LogP contribution in [0.2, 0.25) is 5.02 Å². The highest BCUT2D eigenvalue weighted by molar-refractivity contribution is 6.33. The van der Waals surface area contributed by atoms with E-state index in [1.54, 1.807) is 6.07 Å². The van der Waals surface area contributed by atoms with Crippen LogP contribution in [0.3, 0.4) is 0 Å². The van der Waals surface area contributed by atoms with Gasteiger partial charge in [0.2, 0.25) is 5.91 Å². The van der Waals surface area contributed by atoms with E-state index in [9.17, 15) is 4.79 Å². The van der Waals surface area contributed by atoms with Crippen LogP contribution in [-0.4, -0.2) is 15.9 Å². The number of nitrogens with zero attached hydrogens (tertiary/aromatic N) is 1. The first-order valence-corrected chi connectivity index (χ1v) is 7.78. The highest BCUT2D eigenvalue weighted by atomic mass is 35.5. The van der Waals surface area contributed by atoms with Crippen molar-refractivity contribution in [3.05, 3.63) is 47.5 Å². The van der Waals surface area contributed by atoms with Crippen molar-refractivity contribution >= 4 is 46.6 Å². The molecule has 3 aromatic rings. The van der Waals surface area contributed by atoms with Crippen molar-refractivity contribution in [2.24, 2.45) is 5.41 Å². The standard InChI is InChI=1S/C18H18ClN3O.ClH/c1-18(2,3)17(23)22-15-10-11(8-9-12(15)19)16-20-13-6-4-5-7-14(13)21-16;/h4-10H,1-3H3,(H,20,21)(H,22,23);1H. The van der Waals surface area contributed by atoms with Crippen LogP contribution in [0.25, 0.3) is 22.4 Å². The molecule has 6 heteroatoms. The molecule has 0 atom stereocenters. The number of hydrogen-bond donors (Lipinski definition) is 2. The number of carbonyl (C=O) groups excluding carboxylic acids is 1. The molecule has 2 N–H and O–H groups in total. The SMILES string of the molecule is CC(C)(C)C(=O)Nc1cc(-c2nc3ccccc3[nH]2)ccc1Cl.Cl. The van der Waals surface area contributed by atoms with Crippen molar-refractivity contribution in [3.8, 4) is 11.4 Å². The predicted molar refractivity (Wildman–Crippen MR) is 102 cm³/mol. The summed E-state index contributed by atoms with van der Waals surface area (Å²) in [5.41, 5.74) is 2.84. The molecule has 0 aliphatic heterocycles. The molecule has 0 unspecified atom stereocenters. The van der Waals surface area contributed by atoms with E-state index in [4.69, 9.17) is 11.6 Å². The lowest BCUT2D eigenvalue weighted by atomic mass is 9.95. The second-order valence-electron chi connectivity index (χ2n) is 6.50. The predicted octanol–water partition coefficient (Wildman–Crippen LogP) is 5.29. The van der Waals surface area contributed by atoms with E-state index >= 15 is 0 Å². The highest BCUT2D eigenvalue weighted by Crippen LogP contribution is 2.30. The number of H-pyrrole nitrogens is 1. The van der Waals surface area contributed by atoms with Crippen LogP contribution < -0.4 is 5.32 Å². The molecule has 0 aliphatic carbocycles. The Morgan fingerprint density at radius 1 is 1.17 bits per heavy atom. The third kappa shape index (κ3) is 3.71. The van der Waals surface area contributed by atoms with E-state index in [1.165, 1.54) is 0 Å². The van der Waals surface area contributed by atoms with Crippen LogP contribution in [0.4, 0.5) is 5.69 Å². The van der Waals surface area contributed by atoms with Crippen LogP contribution in [0, 0.1) is 5.41 Å². The monoisotopic (exact) mass is 363 g/mol. The minimum absolute atomic E-state index is 0. The van der Waals surface area contributed by atoms with Gasteiger partial charge in [0.1, 0.15) is 5.82 Å². The first kappa shape index (κ1) is 18.3. The Balaban J connectivity index is 0.00000208.